The summed E-state index contributed by atoms with van der Waals surface area (Å²) in [5.74, 6) is -3.16. The van der Waals surface area contributed by atoms with Crippen molar-refractivity contribution in [2.75, 3.05) is 25.5 Å². The number of hydrogen-bond acceptors (Lipinski definition) is 12. The number of carbonyl (C=O) groups is 5. The first-order valence-corrected chi connectivity index (χ1v) is 24.5. The maximum atomic E-state index is 15.2. The molecule has 4 aromatic rings. The zero-order valence-electron chi connectivity index (χ0n) is 37.0. The number of nitrogens with one attached hydrogen (secondary N) is 3. The number of sulfonamides is 1. The highest BCUT2D eigenvalue weighted by Gasteiger charge is 2.62. The van der Waals surface area contributed by atoms with Gasteiger partial charge in [0.2, 0.25) is 33.7 Å². The molecule has 18 heteroatoms. The third-order valence-electron chi connectivity index (χ3n) is 13.0. The Morgan fingerprint density at radius 2 is 1.77 bits per heavy atom. The summed E-state index contributed by atoms with van der Waals surface area (Å²) in [7, 11) is -2.38. The molecule has 65 heavy (non-hydrogen) atoms. The minimum atomic E-state index is -3.95. The average Bonchev–Trinajstić information content (AvgIpc) is 4.17. The van der Waals surface area contributed by atoms with Gasteiger partial charge in [-0.05, 0) is 56.1 Å². The van der Waals surface area contributed by atoms with Crippen LogP contribution in [0.4, 0.5) is 5.13 Å². The summed E-state index contributed by atoms with van der Waals surface area (Å²) in [5, 5.41) is 7.85. The fraction of sp³-hybridized carbons (Fsp3) is 0.468. The van der Waals surface area contributed by atoms with E-state index in [2.05, 4.69) is 26.9 Å². The third-order valence-corrected chi connectivity index (χ3v) is 15.5. The molecule has 4 heterocycles. The second kappa shape index (κ2) is 18.2. The van der Waals surface area contributed by atoms with Crippen molar-refractivity contribution in [1.29, 1.82) is 0 Å². The Morgan fingerprint density at radius 1 is 1.00 bits per heavy atom. The van der Waals surface area contributed by atoms with E-state index >= 15 is 4.79 Å². The van der Waals surface area contributed by atoms with Gasteiger partial charge in [-0.1, -0.05) is 57.2 Å². The molecule has 5 amide bonds. The van der Waals surface area contributed by atoms with Crippen molar-refractivity contribution >= 4 is 66.9 Å². The molecule has 16 nitrogen and oxygen atoms in total. The summed E-state index contributed by atoms with van der Waals surface area (Å²) < 4.78 is 40.3. The molecule has 344 valence electrons. The highest BCUT2D eigenvalue weighted by molar-refractivity contribution is 7.91. The van der Waals surface area contributed by atoms with E-state index in [1.165, 1.54) is 22.3 Å². The number of fused-ring (bicyclic) bond motifs is 1. The number of methoxy groups -OCH3 is 1. The van der Waals surface area contributed by atoms with Gasteiger partial charge < -0.3 is 29.9 Å². The Labute approximate surface area is 382 Å². The molecule has 2 aliphatic heterocycles. The number of nitrogens with zero attached hydrogens (tertiary/aromatic N) is 4. The number of anilines is 1. The molecule has 2 aromatic heterocycles. The molecule has 0 bridgehead atoms. The smallest absolute Gasteiger partial charge is 0.259 e. The van der Waals surface area contributed by atoms with E-state index in [1.54, 1.807) is 35.7 Å². The van der Waals surface area contributed by atoms with Gasteiger partial charge in [0.25, 0.3) is 5.91 Å². The van der Waals surface area contributed by atoms with Crippen LogP contribution in [0.2, 0.25) is 0 Å². The van der Waals surface area contributed by atoms with Gasteiger partial charge in [-0.3, -0.25) is 28.7 Å². The van der Waals surface area contributed by atoms with E-state index in [9.17, 15) is 27.6 Å². The maximum Gasteiger partial charge on any atom is 0.259 e. The standard InChI is InChI=1S/C47H55N7O9S2/c1-6-29-26-47(29,44(59)52-65(60,61)32-16-17-32)51-42(57)38-23-31(63-39-25-35(28-12-8-7-9-13-28)49-36-22-30(62-5)15-18-33(36)39)27-54(38)43(58)34(46(2,3)4)24-40(55)53-20-11-10-14-37(53)41(56)50-45-48-19-21-64-45/h6-9,12-13,15,18-19,21-22,25,29,31-32,34,37-38H,1,10-11,14,16-17,20,23-24,26-27H2,2-5H3,(H,51,57)(H,52,59)(H,48,50,56)/t29?,31-,34-,37?,38+,47-/m1/s1. The van der Waals surface area contributed by atoms with Crippen LogP contribution in [0.25, 0.3) is 22.2 Å². The number of amides is 5. The first-order chi connectivity index (χ1) is 31.0. The number of ether oxygens (including phenoxy) is 2. The van der Waals surface area contributed by atoms with Crippen LogP contribution in [-0.4, -0.2) is 107 Å². The van der Waals surface area contributed by atoms with Crippen LogP contribution in [0, 0.1) is 17.3 Å². The van der Waals surface area contributed by atoms with Crippen LogP contribution in [0.1, 0.15) is 72.1 Å². The molecule has 2 saturated heterocycles. The quantitative estimate of drug-likeness (QED) is 0.128. The molecule has 2 saturated carbocycles. The second-order valence-corrected chi connectivity index (χ2v) is 21.3. The fourth-order valence-corrected chi connectivity index (χ4v) is 10.9. The normalized spacial score (nSPS) is 23.6. The van der Waals surface area contributed by atoms with E-state index in [-0.39, 0.29) is 37.6 Å². The van der Waals surface area contributed by atoms with Crippen molar-refractivity contribution in [3.05, 3.63) is 78.8 Å². The van der Waals surface area contributed by atoms with Gasteiger partial charge in [0.05, 0.1) is 36.0 Å². The molecule has 2 unspecified atom stereocenters. The first-order valence-electron chi connectivity index (χ1n) is 22.0. The lowest BCUT2D eigenvalue weighted by Crippen LogP contribution is -2.57. The summed E-state index contributed by atoms with van der Waals surface area (Å²) in [5.41, 5.74) is -0.328. The Bertz CT molecular complexity index is 2600. The molecular formula is C47H55N7O9S2. The van der Waals surface area contributed by atoms with Gasteiger partial charge >= 0.3 is 0 Å². The molecule has 3 N–H and O–H groups in total. The van der Waals surface area contributed by atoms with Crippen molar-refractivity contribution in [3.63, 3.8) is 0 Å². The number of likely N-dealkylation sites (tertiary alicyclic amines) is 2. The average molecular weight is 926 g/mol. The molecule has 8 rings (SSSR count). The van der Waals surface area contributed by atoms with Crippen molar-refractivity contribution in [1.82, 2.24) is 29.8 Å². The van der Waals surface area contributed by atoms with Gasteiger partial charge in [-0.2, -0.15) is 0 Å². The lowest BCUT2D eigenvalue weighted by molar-refractivity contribution is -0.150. The Morgan fingerprint density at radius 3 is 2.43 bits per heavy atom. The maximum absolute atomic E-state index is 15.2. The lowest BCUT2D eigenvalue weighted by atomic mass is 9.77. The number of rotatable bonds is 15. The molecule has 0 radical (unpaired) electrons. The molecule has 2 aromatic carbocycles. The van der Waals surface area contributed by atoms with E-state index in [0.717, 1.165) is 12.0 Å². The number of thiazole rings is 1. The molecule has 2 aliphatic carbocycles. The molecular weight excluding hydrogens is 871 g/mol. The topological polar surface area (TPSA) is 206 Å². The highest BCUT2D eigenvalue weighted by atomic mass is 32.2. The monoisotopic (exact) mass is 925 g/mol. The molecule has 0 spiro atoms. The van der Waals surface area contributed by atoms with Gasteiger partial charge in [0, 0.05) is 60.0 Å². The minimum Gasteiger partial charge on any atom is -0.497 e. The van der Waals surface area contributed by atoms with Crippen LogP contribution in [-0.2, 0) is 34.0 Å². The zero-order chi connectivity index (χ0) is 46.3. The predicted molar refractivity (Wildman–Crippen MR) is 245 cm³/mol. The van der Waals surface area contributed by atoms with Crippen LogP contribution in [0.15, 0.2) is 78.8 Å². The van der Waals surface area contributed by atoms with Gasteiger partial charge in [0.15, 0.2) is 5.13 Å². The number of hydrogen-bond donors (Lipinski definition) is 3. The van der Waals surface area contributed by atoms with Crippen LogP contribution < -0.4 is 24.8 Å². The summed E-state index contributed by atoms with van der Waals surface area (Å²) in [4.78, 5) is 83.6. The Kier molecular flexibility index (Phi) is 12.8. The van der Waals surface area contributed by atoms with Crippen molar-refractivity contribution in [2.24, 2.45) is 17.3 Å². The molecule has 4 fully saturated rings. The number of benzene rings is 2. The number of pyridine rings is 1. The highest BCUT2D eigenvalue weighted by Crippen LogP contribution is 2.46. The van der Waals surface area contributed by atoms with Gasteiger partial charge in [-0.25, -0.2) is 18.4 Å². The summed E-state index contributed by atoms with van der Waals surface area (Å²) in [6, 6.07) is 14.9. The van der Waals surface area contributed by atoms with E-state index < -0.39 is 74.0 Å². The number of piperidine rings is 1. The van der Waals surface area contributed by atoms with Crippen LogP contribution in [0.5, 0.6) is 11.5 Å². The minimum absolute atomic E-state index is 0.00494. The van der Waals surface area contributed by atoms with Crippen molar-refractivity contribution in [2.45, 2.75) is 101 Å². The van der Waals surface area contributed by atoms with E-state index in [1.807, 2.05) is 63.2 Å². The largest absolute Gasteiger partial charge is 0.497 e. The predicted octanol–water partition coefficient (Wildman–Crippen LogP) is 5.46. The van der Waals surface area contributed by atoms with Gasteiger partial charge in [0.1, 0.15) is 35.2 Å². The fourth-order valence-electron chi connectivity index (χ4n) is 8.96. The first kappa shape index (κ1) is 45.7. The number of aromatic nitrogens is 2. The molecule has 6 atom stereocenters. The second-order valence-electron chi connectivity index (χ2n) is 18.5. The van der Waals surface area contributed by atoms with E-state index in [4.69, 9.17) is 14.5 Å². The summed E-state index contributed by atoms with van der Waals surface area (Å²) >= 11 is 1.28. The Hall–Kier alpha value is -5.88. The summed E-state index contributed by atoms with van der Waals surface area (Å²) in [6.07, 6.45) is 5.01. The SMILES string of the molecule is C=CC1C[C@]1(NC(=O)[C@@H]1C[C@@H](Oc2cc(-c3ccccc3)nc3cc(OC)ccc23)CN1C(=O)[C@@H](CC(=O)N1CCCCC1C(=O)Nc1nccs1)C(C)(C)C)C(=O)NS(=O)(=O)C1CC1. The zero-order valence-corrected chi connectivity index (χ0v) is 38.6. The third kappa shape index (κ3) is 9.74. The Balaban J connectivity index is 1.10. The molecule has 4 aliphatic rings. The van der Waals surface area contributed by atoms with Gasteiger partial charge in [-0.15, -0.1) is 17.9 Å². The van der Waals surface area contributed by atoms with Crippen molar-refractivity contribution < 1.29 is 41.9 Å². The number of carbonyl (C=O) groups excluding carboxylic acids is 5. The van der Waals surface area contributed by atoms with Crippen LogP contribution in [0.3, 0.4) is 0 Å². The lowest BCUT2D eigenvalue weighted by Gasteiger charge is -2.38. The van der Waals surface area contributed by atoms with Crippen molar-refractivity contribution in [3.8, 4) is 22.8 Å². The van der Waals surface area contributed by atoms with E-state index in [0.29, 0.717) is 65.5 Å². The summed E-state index contributed by atoms with van der Waals surface area (Å²) in [6.45, 7) is 9.67. The van der Waals surface area contributed by atoms with Crippen LogP contribution >= 0.6 is 11.3 Å².